The Morgan fingerprint density at radius 3 is 2.57 bits per heavy atom. The molecule has 5 nitrogen and oxygen atoms in total. The van der Waals surface area contributed by atoms with Crippen LogP contribution in [-0.2, 0) is 4.79 Å². The van der Waals surface area contributed by atoms with Gasteiger partial charge in [-0.3, -0.25) is 4.79 Å². The molecule has 2 aromatic rings. The van der Waals surface area contributed by atoms with Crippen LogP contribution in [0.4, 0.5) is 4.39 Å². The van der Waals surface area contributed by atoms with Gasteiger partial charge in [-0.25, -0.2) is 9.18 Å². The number of aromatic carboxylic acids is 1. The molecular formula is C20H16Cl2FNO4. The quantitative estimate of drug-likeness (QED) is 0.672. The van der Waals surface area contributed by atoms with E-state index in [4.69, 9.17) is 28.3 Å². The lowest BCUT2D eigenvalue weighted by Gasteiger charge is -2.19. The number of nitrogens with one attached hydrogen (secondary N) is 1. The van der Waals surface area contributed by atoms with Crippen LogP contribution in [0.5, 0.6) is 0 Å². The first-order chi connectivity index (χ1) is 13.2. The maximum absolute atomic E-state index is 14.3. The van der Waals surface area contributed by atoms with E-state index in [9.17, 15) is 19.1 Å². The van der Waals surface area contributed by atoms with E-state index in [-0.39, 0.29) is 17.0 Å². The molecule has 2 atom stereocenters. The lowest BCUT2D eigenvalue weighted by Crippen LogP contribution is -2.33. The van der Waals surface area contributed by atoms with E-state index >= 15 is 0 Å². The number of rotatable bonds is 5. The van der Waals surface area contributed by atoms with Gasteiger partial charge in [-0.1, -0.05) is 42.3 Å². The van der Waals surface area contributed by atoms with Gasteiger partial charge in [0.1, 0.15) is 5.82 Å². The van der Waals surface area contributed by atoms with E-state index in [0.717, 1.165) is 11.6 Å². The summed E-state index contributed by atoms with van der Waals surface area (Å²) in [6, 6.07) is 5.71. The molecule has 28 heavy (non-hydrogen) atoms. The summed E-state index contributed by atoms with van der Waals surface area (Å²) in [7, 11) is 0. The van der Waals surface area contributed by atoms with Crippen LogP contribution in [0.15, 0.2) is 35.9 Å². The van der Waals surface area contributed by atoms with E-state index < -0.39 is 30.3 Å². The lowest BCUT2D eigenvalue weighted by atomic mass is 9.97. The summed E-state index contributed by atoms with van der Waals surface area (Å²) >= 11 is 12.2. The van der Waals surface area contributed by atoms with E-state index in [0.29, 0.717) is 21.2 Å². The molecule has 0 fully saturated rings. The van der Waals surface area contributed by atoms with Gasteiger partial charge in [-0.05, 0) is 35.4 Å². The molecule has 0 radical (unpaired) electrons. The lowest BCUT2D eigenvalue weighted by molar-refractivity contribution is -0.118. The second-order valence-electron chi connectivity index (χ2n) is 6.44. The van der Waals surface area contributed by atoms with Crippen molar-refractivity contribution < 1.29 is 24.2 Å². The fourth-order valence-corrected chi connectivity index (χ4v) is 3.61. The highest BCUT2D eigenvalue weighted by Gasteiger charge is 2.30. The molecule has 0 heterocycles. The number of fused-ring (bicyclic) bond motifs is 1. The van der Waals surface area contributed by atoms with Gasteiger partial charge in [0.15, 0.2) is 0 Å². The van der Waals surface area contributed by atoms with Crippen molar-refractivity contribution in [2.75, 3.05) is 6.61 Å². The summed E-state index contributed by atoms with van der Waals surface area (Å²) in [5, 5.41) is 21.9. The number of hydrogen-bond acceptors (Lipinski definition) is 3. The second kappa shape index (κ2) is 7.91. The second-order valence-corrected chi connectivity index (χ2v) is 7.22. The van der Waals surface area contributed by atoms with Crippen LogP contribution in [0.25, 0.3) is 6.08 Å². The average molecular weight is 424 g/mol. The molecule has 3 rings (SSSR count). The van der Waals surface area contributed by atoms with Crippen molar-refractivity contribution in [1.29, 1.82) is 0 Å². The van der Waals surface area contributed by atoms with Crippen LogP contribution >= 0.6 is 23.2 Å². The third-order valence-corrected chi connectivity index (χ3v) is 5.59. The minimum Gasteiger partial charge on any atom is -0.478 e. The van der Waals surface area contributed by atoms with Crippen molar-refractivity contribution in [2.45, 2.75) is 18.9 Å². The maximum atomic E-state index is 14.3. The standard InChI is InChI=1S/C20H16Cl2FNO4/c1-9-11-4-5-15(21)18(22)14(11)7-13(9)19(26)24-17(8-25)12-3-2-10(20(27)28)6-16(12)23/h2-7,9,17,25H,8H2,1H3,(H,24,26)(H,27,28)/t9?,17-/m1/s1. The van der Waals surface area contributed by atoms with Gasteiger partial charge >= 0.3 is 5.97 Å². The summed E-state index contributed by atoms with van der Waals surface area (Å²) in [6.07, 6.45) is 1.63. The van der Waals surface area contributed by atoms with Crippen molar-refractivity contribution in [3.8, 4) is 0 Å². The number of carbonyl (C=O) groups is 2. The van der Waals surface area contributed by atoms with Crippen LogP contribution in [0.2, 0.25) is 10.0 Å². The molecule has 0 aromatic heterocycles. The molecule has 1 aliphatic carbocycles. The number of carboxylic acids is 1. The fraction of sp³-hybridized carbons (Fsp3) is 0.200. The topological polar surface area (TPSA) is 86.6 Å². The summed E-state index contributed by atoms with van der Waals surface area (Å²) in [6.45, 7) is 1.27. The van der Waals surface area contributed by atoms with Gasteiger partial charge in [0.05, 0.1) is 28.3 Å². The smallest absolute Gasteiger partial charge is 0.335 e. The van der Waals surface area contributed by atoms with E-state index in [1.165, 1.54) is 12.1 Å². The molecule has 0 saturated carbocycles. The number of carboxylic acid groups (broad SMARTS) is 1. The van der Waals surface area contributed by atoms with Gasteiger partial charge in [0.2, 0.25) is 5.91 Å². The SMILES string of the molecule is CC1C(C(=O)N[C@H](CO)c2ccc(C(=O)O)cc2F)=Cc2c1ccc(Cl)c2Cl. The minimum absolute atomic E-state index is 0.00862. The molecule has 0 bridgehead atoms. The number of aliphatic hydroxyl groups is 1. The van der Waals surface area contributed by atoms with E-state index in [2.05, 4.69) is 5.32 Å². The molecule has 1 unspecified atom stereocenters. The van der Waals surface area contributed by atoms with Crippen molar-refractivity contribution in [1.82, 2.24) is 5.32 Å². The zero-order valence-electron chi connectivity index (χ0n) is 14.7. The van der Waals surface area contributed by atoms with Crippen molar-refractivity contribution >= 4 is 41.2 Å². The molecule has 3 N–H and O–H groups in total. The number of amides is 1. The van der Waals surface area contributed by atoms with Crippen molar-refractivity contribution in [3.63, 3.8) is 0 Å². The Balaban J connectivity index is 1.86. The highest BCUT2D eigenvalue weighted by atomic mass is 35.5. The number of benzene rings is 2. The zero-order chi connectivity index (χ0) is 20.6. The normalized spacial score (nSPS) is 16.3. The molecule has 146 valence electrons. The van der Waals surface area contributed by atoms with Crippen LogP contribution in [-0.4, -0.2) is 28.7 Å². The van der Waals surface area contributed by atoms with Crippen LogP contribution in [0, 0.1) is 5.82 Å². The minimum atomic E-state index is -1.27. The molecule has 1 aliphatic rings. The Hall–Kier alpha value is -2.41. The van der Waals surface area contributed by atoms with Crippen LogP contribution < -0.4 is 5.32 Å². The first kappa shape index (κ1) is 20.3. The predicted molar refractivity (Wildman–Crippen MR) is 104 cm³/mol. The Morgan fingerprint density at radius 2 is 1.96 bits per heavy atom. The predicted octanol–water partition coefficient (Wildman–Crippen LogP) is 4.18. The number of halogens is 3. The molecule has 2 aromatic carbocycles. The summed E-state index contributed by atoms with van der Waals surface area (Å²) in [5.74, 6) is -2.85. The zero-order valence-corrected chi connectivity index (χ0v) is 16.2. The molecule has 0 aliphatic heterocycles. The highest BCUT2D eigenvalue weighted by Crippen LogP contribution is 2.42. The van der Waals surface area contributed by atoms with Crippen LogP contribution in [0.1, 0.15) is 45.9 Å². The summed E-state index contributed by atoms with van der Waals surface area (Å²) in [5.41, 5.74) is 1.67. The molecule has 8 heteroatoms. The first-order valence-corrected chi connectivity index (χ1v) is 9.14. The van der Waals surface area contributed by atoms with Gasteiger partial charge in [-0.2, -0.15) is 0 Å². The Bertz CT molecular complexity index is 1010. The van der Waals surface area contributed by atoms with E-state index in [1.54, 1.807) is 18.2 Å². The van der Waals surface area contributed by atoms with Gasteiger partial charge in [0.25, 0.3) is 0 Å². The summed E-state index contributed by atoms with van der Waals surface area (Å²) < 4.78 is 14.3. The third kappa shape index (κ3) is 3.63. The maximum Gasteiger partial charge on any atom is 0.335 e. The number of hydrogen-bond donors (Lipinski definition) is 3. The van der Waals surface area contributed by atoms with Crippen molar-refractivity contribution in [3.05, 3.63) is 74.0 Å². The first-order valence-electron chi connectivity index (χ1n) is 8.38. The molecular weight excluding hydrogens is 408 g/mol. The third-order valence-electron chi connectivity index (χ3n) is 4.77. The summed E-state index contributed by atoms with van der Waals surface area (Å²) in [4.78, 5) is 23.7. The average Bonchev–Trinajstić information content (AvgIpc) is 3.00. The Kier molecular flexibility index (Phi) is 5.74. The highest BCUT2D eigenvalue weighted by molar-refractivity contribution is 6.43. The Labute approximate surface area is 170 Å². The Morgan fingerprint density at radius 1 is 1.25 bits per heavy atom. The molecule has 0 spiro atoms. The molecule has 1 amide bonds. The van der Waals surface area contributed by atoms with Gasteiger partial charge in [0, 0.05) is 17.1 Å². The number of carbonyl (C=O) groups excluding carboxylic acids is 1. The monoisotopic (exact) mass is 423 g/mol. The number of aliphatic hydroxyl groups excluding tert-OH is 1. The van der Waals surface area contributed by atoms with Gasteiger partial charge in [-0.15, -0.1) is 0 Å². The van der Waals surface area contributed by atoms with Crippen molar-refractivity contribution in [2.24, 2.45) is 0 Å². The van der Waals surface area contributed by atoms with Gasteiger partial charge < -0.3 is 15.5 Å². The van der Waals surface area contributed by atoms with Crippen LogP contribution in [0.3, 0.4) is 0 Å². The van der Waals surface area contributed by atoms with E-state index in [1.807, 2.05) is 6.92 Å². The molecule has 0 saturated heterocycles. The fourth-order valence-electron chi connectivity index (χ4n) is 3.22. The largest absolute Gasteiger partial charge is 0.478 e.